The lowest BCUT2D eigenvalue weighted by atomic mass is 9.99. The van der Waals surface area contributed by atoms with Crippen LogP contribution in [0.5, 0.6) is 0 Å². The molecule has 6 nitrogen and oxygen atoms in total. The molecule has 0 bridgehead atoms. The van der Waals surface area contributed by atoms with Crippen LogP contribution in [-0.4, -0.2) is 57.9 Å². The van der Waals surface area contributed by atoms with Gasteiger partial charge >= 0.3 is 5.97 Å². The lowest BCUT2D eigenvalue weighted by Crippen LogP contribution is -2.31. The van der Waals surface area contributed by atoms with Gasteiger partial charge in [0.2, 0.25) is 0 Å². The van der Waals surface area contributed by atoms with E-state index in [4.69, 9.17) is 9.47 Å². The van der Waals surface area contributed by atoms with Gasteiger partial charge in [-0.25, -0.2) is 4.79 Å². The van der Waals surface area contributed by atoms with E-state index in [1.165, 1.54) is 83.5 Å². The zero-order valence-electron chi connectivity index (χ0n) is 26.6. The lowest BCUT2D eigenvalue weighted by Gasteiger charge is -2.22. The minimum absolute atomic E-state index is 0.102. The highest BCUT2D eigenvalue weighted by Crippen LogP contribution is 2.28. The Morgan fingerprint density at radius 3 is 1.51 bits per heavy atom. The molecule has 4 unspecified atom stereocenters. The molecular formula is C35H64O6. The van der Waals surface area contributed by atoms with Crippen LogP contribution in [0, 0.1) is 0 Å². The van der Waals surface area contributed by atoms with Crippen LogP contribution >= 0.6 is 0 Å². The lowest BCUT2D eigenvalue weighted by molar-refractivity contribution is -0.139. The van der Waals surface area contributed by atoms with E-state index in [0.29, 0.717) is 12.0 Å². The Balaban J connectivity index is 1.37. The number of esters is 1. The maximum Gasteiger partial charge on any atom is 0.334 e. The van der Waals surface area contributed by atoms with Crippen LogP contribution in [0.1, 0.15) is 168 Å². The highest BCUT2D eigenvalue weighted by Gasteiger charge is 2.34. The Hall–Kier alpha value is -0.950. The molecule has 0 spiro atoms. The van der Waals surface area contributed by atoms with Gasteiger partial charge in [0.05, 0.1) is 30.5 Å². The molecule has 1 fully saturated rings. The standard InChI is InChI=1S/C35H64O6/c1-3-4-5-6-7-8-9-13-16-19-22-31(37)33-24-25-34(41-33)32(38)23-20-17-14-11-10-12-15-18-21-30(36)27-29-26-28(2)40-35(29)39/h26,28,30-34,36-38H,3-25,27H2,1-2H3/t28?,30?,31?,32-,33?,34-/m1/s1. The molecule has 240 valence electrons. The van der Waals surface area contributed by atoms with E-state index >= 15 is 0 Å². The molecule has 2 aliphatic heterocycles. The number of rotatable bonds is 26. The Kier molecular flexibility index (Phi) is 20.0. The molecule has 6 heteroatoms. The minimum Gasteiger partial charge on any atom is -0.455 e. The second-order valence-corrected chi connectivity index (χ2v) is 13.0. The van der Waals surface area contributed by atoms with E-state index in [2.05, 4.69) is 6.92 Å². The topological polar surface area (TPSA) is 96.2 Å². The molecule has 0 aromatic carbocycles. The average Bonchev–Trinajstić information content (AvgIpc) is 3.57. The molecule has 2 rings (SSSR count). The number of cyclic esters (lactones) is 1. The van der Waals surface area contributed by atoms with E-state index in [-0.39, 0.29) is 24.3 Å². The summed E-state index contributed by atoms with van der Waals surface area (Å²) in [5.41, 5.74) is 0.617. The normalized spacial score (nSPS) is 23.0. The van der Waals surface area contributed by atoms with Crippen molar-refractivity contribution in [3.05, 3.63) is 11.6 Å². The average molecular weight is 581 g/mol. The SMILES string of the molecule is CCCCCCCCCCCCC(O)C1CC[C@H]([C@H](O)CCCCCCCCCCC(O)CC2=CC(C)OC2=O)O1. The highest BCUT2D eigenvalue weighted by molar-refractivity contribution is 5.90. The molecule has 0 aliphatic carbocycles. The molecule has 2 aliphatic rings. The first-order valence-electron chi connectivity index (χ1n) is 17.5. The monoisotopic (exact) mass is 580 g/mol. The number of carbonyl (C=O) groups is 1. The molecule has 0 aromatic heterocycles. The molecule has 0 aromatic rings. The Morgan fingerprint density at radius 1 is 0.683 bits per heavy atom. The van der Waals surface area contributed by atoms with E-state index in [0.717, 1.165) is 64.2 Å². The van der Waals surface area contributed by atoms with Gasteiger partial charge < -0.3 is 24.8 Å². The minimum atomic E-state index is -0.461. The van der Waals surface area contributed by atoms with Crippen LogP contribution in [0.15, 0.2) is 11.6 Å². The van der Waals surface area contributed by atoms with Gasteiger partial charge in [-0.15, -0.1) is 0 Å². The van der Waals surface area contributed by atoms with Crippen molar-refractivity contribution in [2.24, 2.45) is 0 Å². The van der Waals surface area contributed by atoms with Crippen molar-refractivity contribution in [1.82, 2.24) is 0 Å². The van der Waals surface area contributed by atoms with Gasteiger partial charge in [0, 0.05) is 12.0 Å². The van der Waals surface area contributed by atoms with Crippen molar-refractivity contribution >= 4 is 5.97 Å². The zero-order valence-corrected chi connectivity index (χ0v) is 26.6. The second kappa shape index (κ2) is 22.6. The molecule has 41 heavy (non-hydrogen) atoms. The van der Waals surface area contributed by atoms with Crippen molar-refractivity contribution in [2.75, 3.05) is 0 Å². The Morgan fingerprint density at radius 2 is 1.10 bits per heavy atom. The van der Waals surface area contributed by atoms with Gasteiger partial charge in [0.1, 0.15) is 6.10 Å². The summed E-state index contributed by atoms with van der Waals surface area (Å²) in [5.74, 6) is -0.280. The molecule has 2 heterocycles. The van der Waals surface area contributed by atoms with Crippen LogP contribution in [0.4, 0.5) is 0 Å². The smallest absolute Gasteiger partial charge is 0.334 e. The Labute approximate surface area is 251 Å². The molecule has 0 saturated carbocycles. The van der Waals surface area contributed by atoms with E-state index in [1.54, 1.807) is 0 Å². The van der Waals surface area contributed by atoms with Crippen molar-refractivity contribution in [3.63, 3.8) is 0 Å². The third-order valence-electron chi connectivity index (χ3n) is 9.03. The molecule has 3 N–H and O–H groups in total. The van der Waals surface area contributed by atoms with Crippen LogP contribution in [-0.2, 0) is 14.3 Å². The number of ether oxygens (including phenoxy) is 2. The van der Waals surface area contributed by atoms with Gasteiger partial charge in [-0.1, -0.05) is 122 Å². The summed E-state index contributed by atoms with van der Waals surface area (Å²) in [6.45, 7) is 4.10. The van der Waals surface area contributed by atoms with Gasteiger partial charge in [0.15, 0.2) is 0 Å². The quantitative estimate of drug-likeness (QED) is 0.0707. The second-order valence-electron chi connectivity index (χ2n) is 13.0. The molecule has 0 radical (unpaired) electrons. The number of hydrogen-bond acceptors (Lipinski definition) is 6. The van der Waals surface area contributed by atoms with E-state index in [9.17, 15) is 20.1 Å². The maximum atomic E-state index is 11.6. The third-order valence-corrected chi connectivity index (χ3v) is 9.03. The summed E-state index contributed by atoms with van der Waals surface area (Å²) < 4.78 is 11.2. The predicted molar refractivity (Wildman–Crippen MR) is 167 cm³/mol. The third kappa shape index (κ3) is 16.5. The summed E-state index contributed by atoms with van der Waals surface area (Å²) in [6, 6.07) is 0. The fraction of sp³-hybridized carbons (Fsp3) is 0.914. The number of aliphatic hydroxyl groups excluding tert-OH is 3. The first-order valence-corrected chi connectivity index (χ1v) is 17.5. The summed E-state index contributed by atoms with van der Waals surface area (Å²) in [4.78, 5) is 11.6. The summed E-state index contributed by atoms with van der Waals surface area (Å²) in [6.07, 6.45) is 26.7. The van der Waals surface area contributed by atoms with Gasteiger partial charge in [-0.05, 0) is 45.1 Å². The van der Waals surface area contributed by atoms with Gasteiger partial charge in [-0.2, -0.15) is 0 Å². The van der Waals surface area contributed by atoms with Crippen molar-refractivity contribution in [1.29, 1.82) is 0 Å². The van der Waals surface area contributed by atoms with Crippen LogP contribution in [0.25, 0.3) is 0 Å². The predicted octanol–water partition coefficient (Wildman–Crippen LogP) is 8.09. The van der Waals surface area contributed by atoms with Crippen molar-refractivity contribution < 1.29 is 29.6 Å². The number of unbranched alkanes of at least 4 members (excludes halogenated alkanes) is 16. The summed E-state index contributed by atoms with van der Waals surface area (Å²) in [7, 11) is 0. The van der Waals surface area contributed by atoms with Crippen molar-refractivity contribution in [3.8, 4) is 0 Å². The van der Waals surface area contributed by atoms with Crippen LogP contribution in [0.3, 0.4) is 0 Å². The highest BCUT2D eigenvalue weighted by atomic mass is 16.5. The first-order chi connectivity index (χ1) is 19.9. The maximum absolute atomic E-state index is 11.6. The van der Waals surface area contributed by atoms with Gasteiger partial charge in [0.25, 0.3) is 0 Å². The van der Waals surface area contributed by atoms with Crippen molar-refractivity contribution in [2.45, 2.75) is 205 Å². The number of carbonyl (C=O) groups excluding carboxylic acids is 1. The number of hydrogen-bond donors (Lipinski definition) is 3. The van der Waals surface area contributed by atoms with E-state index < -0.39 is 18.3 Å². The van der Waals surface area contributed by atoms with Crippen LogP contribution in [0.2, 0.25) is 0 Å². The molecule has 6 atom stereocenters. The van der Waals surface area contributed by atoms with Gasteiger partial charge in [-0.3, -0.25) is 0 Å². The molecule has 1 saturated heterocycles. The largest absolute Gasteiger partial charge is 0.455 e. The molecular weight excluding hydrogens is 516 g/mol. The molecule has 0 amide bonds. The number of aliphatic hydroxyl groups is 3. The van der Waals surface area contributed by atoms with E-state index in [1.807, 2.05) is 13.0 Å². The fourth-order valence-electron chi connectivity index (χ4n) is 6.40. The summed E-state index contributed by atoms with van der Waals surface area (Å²) >= 11 is 0. The fourth-order valence-corrected chi connectivity index (χ4v) is 6.40. The zero-order chi connectivity index (χ0) is 29.7. The first kappa shape index (κ1) is 36.2. The Bertz CT molecular complexity index is 694. The van der Waals surface area contributed by atoms with Crippen LogP contribution < -0.4 is 0 Å². The summed E-state index contributed by atoms with van der Waals surface area (Å²) in [5, 5.41) is 31.4.